The van der Waals surface area contributed by atoms with Crippen LogP contribution in [0.5, 0.6) is 0 Å². The van der Waals surface area contributed by atoms with E-state index in [9.17, 15) is 13.2 Å². The Balaban J connectivity index is 1.33. The van der Waals surface area contributed by atoms with Gasteiger partial charge in [0.05, 0.1) is 16.8 Å². The number of nitrogens with zero attached hydrogens (tertiary/aromatic N) is 2. The molecule has 1 aliphatic carbocycles. The van der Waals surface area contributed by atoms with Crippen LogP contribution >= 0.6 is 11.8 Å². The Bertz CT molecular complexity index is 971. The number of rotatable bonds is 6. The Morgan fingerprint density at radius 3 is 2.69 bits per heavy atom. The Labute approximate surface area is 176 Å². The van der Waals surface area contributed by atoms with E-state index < -0.39 is 10.0 Å². The predicted octanol–water partition coefficient (Wildman–Crippen LogP) is 3.15. The number of carbonyl (C=O) groups excluding carboxylic acids is 1. The number of hydrogen-bond donors (Lipinski definition) is 1. The molecule has 4 rings (SSSR count). The van der Waals surface area contributed by atoms with Crippen LogP contribution in [0, 0.1) is 0 Å². The van der Waals surface area contributed by atoms with Crippen LogP contribution < -0.4 is 5.32 Å². The van der Waals surface area contributed by atoms with E-state index >= 15 is 0 Å². The summed E-state index contributed by atoms with van der Waals surface area (Å²) in [6.45, 7) is 1.15. The van der Waals surface area contributed by atoms with Crippen molar-refractivity contribution in [2.75, 3.05) is 18.8 Å². The van der Waals surface area contributed by atoms with Gasteiger partial charge in [0.25, 0.3) is 0 Å². The van der Waals surface area contributed by atoms with Gasteiger partial charge >= 0.3 is 0 Å². The van der Waals surface area contributed by atoms with Gasteiger partial charge in [-0.15, -0.1) is 0 Å². The standard InChI is InChI=1S/C21H25N3O3S2/c25-20(23-19-9-5-7-16-6-1-2-8-18(16)19)15-28-21-11-10-17(14-22-21)29(26,27)24-12-3-4-13-24/h1-2,6,8,10-11,14,19H,3-5,7,9,12-13,15H2,(H,23,25)/t19-/m1/s1. The van der Waals surface area contributed by atoms with Gasteiger partial charge in [-0.1, -0.05) is 36.0 Å². The number of fused-ring (bicyclic) bond motifs is 1. The van der Waals surface area contributed by atoms with E-state index in [1.807, 2.05) is 12.1 Å². The molecule has 8 heteroatoms. The van der Waals surface area contributed by atoms with Gasteiger partial charge in [0.2, 0.25) is 15.9 Å². The van der Waals surface area contributed by atoms with E-state index in [-0.39, 0.29) is 22.6 Å². The van der Waals surface area contributed by atoms with E-state index in [0.29, 0.717) is 18.1 Å². The van der Waals surface area contributed by atoms with Crippen molar-refractivity contribution in [1.82, 2.24) is 14.6 Å². The molecule has 1 aromatic carbocycles. The third-order valence-electron chi connectivity index (χ3n) is 5.47. The molecule has 1 saturated heterocycles. The molecule has 1 atom stereocenters. The molecule has 0 saturated carbocycles. The number of aryl methyl sites for hydroxylation is 1. The summed E-state index contributed by atoms with van der Waals surface area (Å²) in [7, 11) is -3.45. The number of aromatic nitrogens is 1. The third-order valence-corrected chi connectivity index (χ3v) is 8.29. The summed E-state index contributed by atoms with van der Waals surface area (Å²) < 4.78 is 26.6. The molecule has 6 nitrogen and oxygen atoms in total. The van der Waals surface area contributed by atoms with Gasteiger partial charge in [-0.3, -0.25) is 4.79 Å². The lowest BCUT2D eigenvalue weighted by Gasteiger charge is -2.26. The SMILES string of the molecule is O=C(CSc1ccc(S(=O)(=O)N2CCCC2)cn1)N[C@@H]1CCCc2ccccc21. The molecular formula is C21H25N3O3S2. The molecule has 0 radical (unpaired) electrons. The maximum atomic E-state index is 12.5. The minimum atomic E-state index is -3.45. The molecule has 1 amide bonds. The fourth-order valence-electron chi connectivity index (χ4n) is 3.96. The molecule has 1 aliphatic heterocycles. The molecule has 0 spiro atoms. The molecule has 1 aromatic heterocycles. The molecule has 154 valence electrons. The minimum absolute atomic E-state index is 0.0349. The first-order valence-corrected chi connectivity index (χ1v) is 12.4. The van der Waals surface area contributed by atoms with E-state index in [4.69, 9.17) is 0 Å². The zero-order valence-electron chi connectivity index (χ0n) is 16.2. The number of thioether (sulfide) groups is 1. The van der Waals surface area contributed by atoms with E-state index in [2.05, 4.69) is 22.4 Å². The largest absolute Gasteiger partial charge is 0.349 e. The maximum absolute atomic E-state index is 12.5. The Morgan fingerprint density at radius 2 is 1.93 bits per heavy atom. The number of benzene rings is 1. The fraction of sp³-hybridized carbons (Fsp3) is 0.429. The van der Waals surface area contributed by atoms with Crippen LogP contribution in [0.1, 0.15) is 42.9 Å². The summed E-state index contributed by atoms with van der Waals surface area (Å²) in [4.78, 5) is 16.9. The Hall–Kier alpha value is -1.90. The highest BCUT2D eigenvalue weighted by Gasteiger charge is 2.27. The second-order valence-corrected chi connectivity index (χ2v) is 10.4. The summed E-state index contributed by atoms with van der Waals surface area (Å²) in [5.41, 5.74) is 2.53. The van der Waals surface area contributed by atoms with Gasteiger partial charge < -0.3 is 5.32 Å². The zero-order valence-corrected chi connectivity index (χ0v) is 17.8. The molecular weight excluding hydrogens is 406 g/mol. The number of carbonyl (C=O) groups is 1. The number of amides is 1. The minimum Gasteiger partial charge on any atom is -0.349 e. The molecule has 2 aromatic rings. The van der Waals surface area contributed by atoms with Crippen LogP contribution in [0.4, 0.5) is 0 Å². The summed E-state index contributed by atoms with van der Waals surface area (Å²) in [6, 6.07) is 11.6. The van der Waals surface area contributed by atoms with Crippen molar-refractivity contribution in [2.45, 2.75) is 48.1 Å². The molecule has 1 fully saturated rings. The summed E-state index contributed by atoms with van der Waals surface area (Å²) >= 11 is 1.32. The number of pyridine rings is 1. The van der Waals surface area contributed by atoms with Gasteiger partial charge in [-0.2, -0.15) is 4.31 Å². The summed E-state index contributed by atoms with van der Waals surface area (Å²) in [5, 5.41) is 3.77. The summed E-state index contributed by atoms with van der Waals surface area (Å²) in [5.74, 6) is 0.219. The van der Waals surface area contributed by atoms with Gasteiger partial charge in [-0.05, 0) is 55.4 Å². The molecule has 1 N–H and O–H groups in total. The first-order chi connectivity index (χ1) is 14.0. The highest BCUT2D eigenvalue weighted by molar-refractivity contribution is 7.99. The lowest BCUT2D eigenvalue weighted by molar-refractivity contribution is -0.119. The van der Waals surface area contributed by atoms with Crippen LogP contribution in [0.25, 0.3) is 0 Å². The van der Waals surface area contributed by atoms with E-state index in [0.717, 1.165) is 32.1 Å². The Morgan fingerprint density at radius 1 is 1.14 bits per heavy atom. The van der Waals surface area contributed by atoms with Crippen molar-refractivity contribution < 1.29 is 13.2 Å². The van der Waals surface area contributed by atoms with Crippen molar-refractivity contribution in [1.29, 1.82) is 0 Å². The van der Waals surface area contributed by atoms with Crippen molar-refractivity contribution in [3.63, 3.8) is 0 Å². The lowest BCUT2D eigenvalue weighted by Crippen LogP contribution is -2.32. The lowest BCUT2D eigenvalue weighted by atomic mass is 9.88. The molecule has 0 bridgehead atoms. The fourth-order valence-corrected chi connectivity index (χ4v) is 6.08. The maximum Gasteiger partial charge on any atom is 0.244 e. The molecule has 2 aliphatic rings. The van der Waals surface area contributed by atoms with Crippen LogP contribution in [-0.4, -0.2) is 42.5 Å². The van der Waals surface area contributed by atoms with Crippen molar-refractivity contribution in [3.05, 3.63) is 53.7 Å². The van der Waals surface area contributed by atoms with E-state index in [1.54, 1.807) is 12.1 Å². The van der Waals surface area contributed by atoms with E-state index in [1.165, 1.54) is 33.4 Å². The highest BCUT2D eigenvalue weighted by Crippen LogP contribution is 2.29. The first kappa shape index (κ1) is 20.4. The number of nitrogens with one attached hydrogen (secondary N) is 1. The predicted molar refractivity (Wildman–Crippen MR) is 113 cm³/mol. The van der Waals surface area contributed by atoms with Gasteiger partial charge in [0.1, 0.15) is 4.90 Å². The number of hydrogen-bond acceptors (Lipinski definition) is 5. The third kappa shape index (κ3) is 4.65. The topological polar surface area (TPSA) is 79.4 Å². The number of sulfonamides is 1. The quantitative estimate of drug-likeness (QED) is 0.711. The molecule has 2 heterocycles. The molecule has 29 heavy (non-hydrogen) atoms. The Kier molecular flexibility index (Phi) is 6.22. The first-order valence-electron chi connectivity index (χ1n) is 10.0. The van der Waals surface area contributed by atoms with Crippen LogP contribution in [0.2, 0.25) is 0 Å². The van der Waals surface area contributed by atoms with Crippen molar-refractivity contribution in [3.8, 4) is 0 Å². The van der Waals surface area contributed by atoms with Crippen LogP contribution in [0.15, 0.2) is 52.5 Å². The molecule has 0 unspecified atom stereocenters. The normalized spacial score (nSPS) is 19.7. The second-order valence-electron chi connectivity index (χ2n) is 7.44. The average Bonchev–Trinajstić information content (AvgIpc) is 3.29. The summed E-state index contributed by atoms with van der Waals surface area (Å²) in [6.07, 6.45) is 6.29. The van der Waals surface area contributed by atoms with Gasteiger partial charge in [0.15, 0.2) is 0 Å². The van der Waals surface area contributed by atoms with Crippen molar-refractivity contribution >= 4 is 27.7 Å². The monoisotopic (exact) mass is 431 g/mol. The highest BCUT2D eigenvalue weighted by atomic mass is 32.2. The van der Waals surface area contributed by atoms with Gasteiger partial charge in [-0.25, -0.2) is 13.4 Å². The zero-order chi connectivity index (χ0) is 20.3. The van der Waals surface area contributed by atoms with Gasteiger partial charge in [0, 0.05) is 19.3 Å². The average molecular weight is 432 g/mol. The smallest absolute Gasteiger partial charge is 0.244 e. The van der Waals surface area contributed by atoms with Crippen LogP contribution in [-0.2, 0) is 21.2 Å². The second kappa shape index (κ2) is 8.85. The van der Waals surface area contributed by atoms with Crippen molar-refractivity contribution in [2.24, 2.45) is 0 Å². The van der Waals surface area contributed by atoms with Crippen LogP contribution in [0.3, 0.4) is 0 Å².